The Labute approximate surface area is 116 Å². The van der Waals surface area contributed by atoms with E-state index in [4.69, 9.17) is 0 Å². The fraction of sp³-hybridized carbons (Fsp3) is 0.267. The maximum absolute atomic E-state index is 10.4. The minimum Gasteiger partial charge on any atom is -0.388 e. The molecule has 1 aromatic heterocycles. The van der Waals surface area contributed by atoms with Crippen molar-refractivity contribution >= 4 is 15.9 Å². The molecule has 2 unspecified atom stereocenters. The van der Waals surface area contributed by atoms with Crippen molar-refractivity contribution < 1.29 is 5.11 Å². The molecule has 2 rings (SSSR count). The molecule has 94 valence electrons. The maximum Gasteiger partial charge on any atom is 0.0881 e. The van der Waals surface area contributed by atoms with Crippen LogP contribution < -0.4 is 0 Å². The molecule has 0 amide bonds. The molecule has 0 radical (unpaired) electrons. The van der Waals surface area contributed by atoms with Gasteiger partial charge in [0.25, 0.3) is 0 Å². The van der Waals surface area contributed by atoms with Crippen LogP contribution in [-0.4, -0.2) is 10.1 Å². The van der Waals surface area contributed by atoms with Crippen molar-refractivity contribution in [2.75, 3.05) is 0 Å². The van der Waals surface area contributed by atoms with Crippen LogP contribution in [0.1, 0.15) is 35.8 Å². The lowest BCUT2D eigenvalue weighted by Crippen LogP contribution is -2.09. The number of aliphatic hydroxyl groups is 1. The van der Waals surface area contributed by atoms with Crippen molar-refractivity contribution in [2.24, 2.45) is 0 Å². The first-order valence-electron chi connectivity index (χ1n) is 5.94. The summed E-state index contributed by atoms with van der Waals surface area (Å²) in [6, 6.07) is 11.7. The maximum atomic E-state index is 10.4. The molecule has 2 nitrogen and oxygen atoms in total. The third kappa shape index (κ3) is 2.79. The van der Waals surface area contributed by atoms with Crippen molar-refractivity contribution in [3.63, 3.8) is 0 Å². The van der Waals surface area contributed by atoms with Crippen LogP contribution in [0.15, 0.2) is 47.1 Å². The minimum absolute atomic E-state index is 0.0368. The van der Waals surface area contributed by atoms with E-state index in [2.05, 4.69) is 20.9 Å². The monoisotopic (exact) mass is 305 g/mol. The van der Waals surface area contributed by atoms with E-state index in [1.807, 2.05) is 50.2 Å². The van der Waals surface area contributed by atoms with Gasteiger partial charge in [0.15, 0.2) is 0 Å². The zero-order valence-corrected chi connectivity index (χ0v) is 12.1. The van der Waals surface area contributed by atoms with Gasteiger partial charge in [-0.3, -0.25) is 4.98 Å². The number of aromatic nitrogens is 1. The number of halogens is 1. The highest BCUT2D eigenvalue weighted by Crippen LogP contribution is 2.33. The van der Waals surface area contributed by atoms with Gasteiger partial charge in [-0.2, -0.15) is 0 Å². The zero-order chi connectivity index (χ0) is 13.1. The Kier molecular flexibility index (Phi) is 4.15. The molecule has 2 atom stereocenters. The summed E-state index contributed by atoms with van der Waals surface area (Å²) >= 11 is 3.51. The molecule has 0 bridgehead atoms. The van der Waals surface area contributed by atoms with E-state index < -0.39 is 6.10 Å². The molecule has 0 aliphatic heterocycles. The summed E-state index contributed by atoms with van der Waals surface area (Å²) in [7, 11) is 0. The van der Waals surface area contributed by atoms with Crippen LogP contribution >= 0.6 is 15.9 Å². The molecule has 0 saturated carbocycles. The molecule has 0 spiro atoms. The summed E-state index contributed by atoms with van der Waals surface area (Å²) in [6.07, 6.45) is 1.19. The van der Waals surface area contributed by atoms with Gasteiger partial charge in [-0.05, 0) is 36.2 Å². The van der Waals surface area contributed by atoms with Crippen LogP contribution in [0.3, 0.4) is 0 Å². The normalized spacial score (nSPS) is 14.2. The average molecular weight is 306 g/mol. The van der Waals surface area contributed by atoms with Crippen LogP contribution in [-0.2, 0) is 0 Å². The van der Waals surface area contributed by atoms with Crippen molar-refractivity contribution in [3.05, 3.63) is 63.9 Å². The molecule has 0 saturated heterocycles. The number of pyridine rings is 1. The second-order valence-corrected chi connectivity index (χ2v) is 5.37. The van der Waals surface area contributed by atoms with Gasteiger partial charge in [-0.15, -0.1) is 0 Å². The lowest BCUT2D eigenvalue weighted by molar-refractivity contribution is 0.149. The Morgan fingerprint density at radius 1 is 1.22 bits per heavy atom. The van der Waals surface area contributed by atoms with Gasteiger partial charge < -0.3 is 5.11 Å². The Hall–Kier alpha value is -1.19. The first-order valence-corrected chi connectivity index (χ1v) is 6.74. The zero-order valence-electron chi connectivity index (χ0n) is 10.5. The van der Waals surface area contributed by atoms with Gasteiger partial charge in [-0.25, -0.2) is 0 Å². The fourth-order valence-corrected chi connectivity index (χ4v) is 2.68. The van der Waals surface area contributed by atoms with Crippen molar-refractivity contribution in [3.8, 4) is 0 Å². The van der Waals surface area contributed by atoms with Gasteiger partial charge in [0.1, 0.15) is 0 Å². The topological polar surface area (TPSA) is 33.1 Å². The predicted octanol–water partition coefficient (Wildman–Crippen LogP) is 3.99. The van der Waals surface area contributed by atoms with Crippen molar-refractivity contribution in [1.82, 2.24) is 4.98 Å². The molecule has 3 heteroatoms. The molecule has 2 aromatic rings. The molecule has 0 aliphatic carbocycles. The number of hydrogen-bond acceptors (Lipinski definition) is 2. The fourth-order valence-electron chi connectivity index (χ4n) is 1.95. The summed E-state index contributed by atoms with van der Waals surface area (Å²) in [4.78, 5) is 4.30. The summed E-state index contributed by atoms with van der Waals surface area (Å²) in [5, 5.41) is 10.4. The van der Waals surface area contributed by atoms with Crippen molar-refractivity contribution in [1.29, 1.82) is 0 Å². The third-order valence-corrected chi connectivity index (χ3v) is 3.79. The van der Waals surface area contributed by atoms with Gasteiger partial charge >= 0.3 is 0 Å². The number of hydrogen-bond donors (Lipinski definition) is 1. The van der Waals surface area contributed by atoms with Crippen LogP contribution in [0.4, 0.5) is 0 Å². The highest BCUT2D eigenvalue weighted by molar-refractivity contribution is 9.10. The number of aryl methyl sites for hydroxylation is 1. The van der Waals surface area contributed by atoms with Gasteiger partial charge in [0.05, 0.1) is 6.10 Å². The van der Waals surface area contributed by atoms with Gasteiger partial charge in [0.2, 0.25) is 0 Å². The minimum atomic E-state index is -0.560. The Morgan fingerprint density at radius 3 is 2.61 bits per heavy atom. The summed E-state index contributed by atoms with van der Waals surface area (Å²) in [6.45, 7) is 4.02. The summed E-state index contributed by atoms with van der Waals surface area (Å²) in [5.41, 5.74) is 2.97. The van der Waals surface area contributed by atoms with E-state index >= 15 is 0 Å². The van der Waals surface area contributed by atoms with Crippen LogP contribution in [0.25, 0.3) is 0 Å². The lowest BCUT2D eigenvalue weighted by Gasteiger charge is -2.20. The quantitative estimate of drug-likeness (QED) is 0.930. The van der Waals surface area contributed by atoms with Crippen molar-refractivity contribution in [2.45, 2.75) is 25.9 Å². The SMILES string of the molecule is Cc1ccc(C(O)C(C)c2ccccn2)c(Br)c1. The lowest BCUT2D eigenvalue weighted by atomic mass is 9.93. The van der Waals surface area contributed by atoms with Gasteiger partial charge in [0, 0.05) is 22.3 Å². The first-order chi connectivity index (χ1) is 8.59. The van der Waals surface area contributed by atoms with E-state index in [0.29, 0.717) is 0 Å². The largest absolute Gasteiger partial charge is 0.388 e. The molecule has 0 fully saturated rings. The average Bonchev–Trinajstić information content (AvgIpc) is 2.38. The Balaban J connectivity index is 2.28. The Bertz CT molecular complexity index is 527. The highest BCUT2D eigenvalue weighted by Gasteiger charge is 2.21. The second kappa shape index (κ2) is 5.63. The molecule has 1 N–H and O–H groups in total. The van der Waals surface area contributed by atoms with E-state index in [1.54, 1.807) is 6.20 Å². The van der Waals surface area contributed by atoms with E-state index in [1.165, 1.54) is 5.56 Å². The van der Waals surface area contributed by atoms with Crippen LogP contribution in [0.2, 0.25) is 0 Å². The highest BCUT2D eigenvalue weighted by atomic mass is 79.9. The standard InChI is InChI=1S/C15H16BrNO/c1-10-6-7-12(13(16)9-10)15(18)11(2)14-5-3-4-8-17-14/h3-9,11,15,18H,1-2H3. The van der Waals surface area contributed by atoms with E-state index in [-0.39, 0.29) is 5.92 Å². The predicted molar refractivity (Wildman–Crippen MR) is 76.5 cm³/mol. The van der Waals surface area contributed by atoms with E-state index in [9.17, 15) is 5.11 Å². The number of rotatable bonds is 3. The number of aliphatic hydroxyl groups excluding tert-OH is 1. The molecule has 0 aliphatic rings. The number of benzene rings is 1. The summed E-state index contributed by atoms with van der Waals surface area (Å²) < 4.78 is 0.942. The molecule has 1 aromatic carbocycles. The molecule has 1 heterocycles. The van der Waals surface area contributed by atoms with Crippen LogP contribution in [0, 0.1) is 6.92 Å². The Morgan fingerprint density at radius 2 is 2.00 bits per heavy atom. The third-order valence-electron chi connectivity index (χ3n) is 3.10. The molecular formula is C15H16BrNO. The molecule has 18 heavy (non-hydrogen) atoms. The van der Waals surface area contributed by atoms with Crippen LogP contribution in [0.5, 0.6) is 0 Å². The first kappa shape index (κ1) is 13.2. The number of nitrogens with zero attached hydrogens (tertiary/aromatic N) is 1. The summed E-state index contributed by atoms with van der Waals surface area (Å²) in [5.74, 6) is -0.0368. The second-order valence-electron chi connectivity index (χ2n) is 4.51. The van der Waals surface area contributed by atoms with E-state index in [0.717, 1.165) is 15.7 Å². The smallest absolute Gasteiger partial charge is 0.0881 e. The van der Waals surface area contributed by atoms with Gasteiger partial charge in [-0.1, -0.05) is 41.1 Å². The molecular weight excluding hydrogens is 290 g/mol.